The molecule has 4 heterocycles. The SMILES string of the molecule is COc1ccc2c(O)c(C=C3N=Nc4ncccc43)oc2c1CCC1CCNCC1. The molecular weight excluding hydrogens is 380 g/mol. The molecule has 0 amide bonds. The van der Waals surface area contributed by atoms with Gasteiger partial charge in [-0.25, -0.2) is 4.98 Å². The quantitative estimate of drug-likeness (QED) is 0.619. The number of hydrogen-bond donors (Lipinski definition) is 2. The molecule has 30 heavy (non-hydrogen) atoms. The monoisotopic (exact) mass is 404 g/mol. The lowest BCUT2D eigenvalue weighted by atomic mass is 9.91. The zero-order chi connectivity index (χ0) is 20.5. The third kappa shape index (κ3) is 3.35. The van der Waals surface area contributed by atoms with Crippen LogP contribution in [-0.2, 0) is 6.42 Å². The van der Waals surface area contributed by atoms with E-state index in [1.54, 1.807) is 19.4 Å². The van der Waals surface area contributed by atoms with Gasteiger partial charge in [0.2, 0.25) is 0 Å². The Morgan fingerprint density at radius 3 is 2.93 bits per heavy atom. The second-order valence-corrected chi connectivity index (χ2v) is 7.77. The van der Waals surface area contributed by atoms with Crippen molar-refractivity contribution in [1.82, 2.24) is 10.3 Å². The van der Waals surface area contributed by atoms with Gasteiger partial charge in [0, 0.05) is 23.4 Å². The van der Waals surface area contributed by atoms with E-state index in [1.807, 2.05) is 24.3 Å². The number of benzene rings is 1. The first kappa shape index (κ1) is 18.8. The number of pyridine rings is 1. The van der Waals surface area contributed by atoms with Crippen molar-refractivity contribution in [2.24, 2.45) is 16.1 Å². The Morgan fingerprint density at radius 2 is 2.10 bits per heavy atom. The van der Waals surface area contributed by atoms with Crippen molar-refractivity contribution >= 4 is 28.6 Å². The van der Waals surface area contributed by atoms with Crippen LogP contribution in [0.4, 0.5) is 5.82 Å². The summed E-state index contributed by atoms with van der Waals surface area (Å²) in [5, 5.41) is 23.2. The van der Waals surface area contributed by atoms with Crippen LogP contribution in [0.1, 0.15) is 36.1 Å². The lowest BCUT2D eigenvalue weighted by Gasteiger charge is -2.22. The lowest BCUT2D eigenvalue weighted by Crippen LogP contribution is -2.27. The van der Waals surface area contributed by atoms with Gasteiger partial charge in [0.15, 0.2) is 17.3 Å². The van der Waals surface area contributed by atoms with E-state index in [0.29, 0.717) is 34.2 Å². The summed E-state index contributed by atoms with van der Waals surface area (Å²) in [6, 6.07) is 7.49. The van der Waals surface area contributed by atoms with Crippen molar-refractivity contribution in [3.05, 3.63) is 47.3 Å². The van der Waals surface area contributed by atoms with E-state index in [9.17, 15) is 5.11 Å². The first-order valence-electron chi connectivity index (χ1n) is 10.4. The smallest absolute Gasteiger partial charge is 0.183 e. The van der Waals surface area contributed by atoms with Crippen molar-refractivity contribution in [1.29, 1.82) is 0 Å². The van der Waals surface area contributed by atoms with Crippen LogP contribution in [0.3, 0.4) is 0 Å². The number of aromatic nitrogens is 1. The Kier molecular flexibility index (Phi) is 4.96. The maximum absolute atomic E-state index is 10.8. The van der Waals surface area contributed by atoms with E-state index in [4.69, 9.17) is 9.15 Å². The zero-order valence-corrected chi connectivity index (χ0v) is 16.9. The largest absolute Gasteiger partial charge is 0.504 e. The summed E-state index contributed by atoms with van der Waals surface area (Å²) in [5.41, 5.74) is 3.12. The second kappa shape index (κ2) is 7.91. The van der Waals surface area contributed by atoms with Gasteiger partial charge in [-0.3, -0.25) is 0 Å². The van der Waals surface area contributed by atoms with Crippen molar-refractivity contribution in [2.75, 3.05) is 20.2 Å². The van der Waals surface area contributed by atoms with Crippen molar-refractivity contribution < 1.29 is 14.3 Å². The number of hydrogen-bond acceptors (Lipinski definition) is 7. The van der Waals surface area contributed by atoms with E-state index >= 15 is 0 Å². The van der Waals surface area contributed by atoms with Gasteiger partial charge in [-0.05, 0) is 69.0 Å². The highest BCUT2D eigenvalue weighted by Gasteiger charge is 2.22. The molecule has 0 bridgehead atoms. The molecular formula is C23H24N4O3. The predicted molar refractivity (Wildman–Crippen MR) is 115 cm³/mol. The van der Waals surface area contributed by atoms with Crippen LogP contribution < -0.4 is 10.1 Å². The Balaban J connectivity index is 1.52. The molecule has 1 fully saturated rings. The summed E-state index contributed by atoms with van der Waals surface area (Å²) in [5.74, 6) is 2.53. The minimum absolute atomic E-state index is 0.107. The normalized spacial score (nSPS) is 17.7. The number of methoxy groups -OCH3 is 1. The van der Waals surface area contributed by atoms with Gasteiger partial charge in [0.05, 0.1) is 12.5 Å². The maximum Gasteiger partial charge on any atom is 0.183 e. The molecule has 1 saturated heterocycles. The second-order valence-electron chi connectivity index (χ2n) is 7.77. The van der Waals surface area contributed by atoms with E-state index in [0.717, 1.165) is 42.8 Å². The van der Waals surface area contributed by atoms with Gasteiger partial charge >= 0.3 is 0 Å². The molecule has 2 aliphatic heterocycles. The van der Waals surface area contributed by atoms with Crippen molar-refractivity contribution in [3.8, 4) is 11.5 Å². The first-order valence-corrected chi connectivity index (χ1v) is 10.4. The molecule has 5 rings (SSSR count). The van der Waals surface area contributed by atoms with E-state index in [2.05, 4.69) is 20.5 Å². The summed E-state index contributed by atoms with van der Waals surface area (Å²) in [7, 11) is 1.67. The Labute approximate surface area is 174 Å². The fraction of sp³-hybridized carbons (Fsp3) is 0.348. The number of piperidine rings is 1. The summed E-state index contributed by atoms with van der Waals surface area (Å²) >= 11 is 0. The van der Waals surface area contributed by atoms with Crippen LogP contribution in [0.5, 0.6) is 11.5 Å². The average Bonchev–Trinajstić information content (AvgIpc) is 3.34. The molecule has 7 heteroatoms. The molecule has 0 unspecified atom stereocenters. The molecule has 2 N–H and O–H groups in total. The van der Waals surface area contributed by atoms with Gasteiger partial charge < -0.3 is 19.6 Å². The van der Waals surface area contributed by atoms with Gasteiger partial charge in [-0.2, -0.15) is 0 Å². The average molecular weight is 404 g/mol. The summed E-state index contributed by atoms with van der Waals surface area (Å²) < 4.78 is 11.8. The molecule has 0 atom stereocenters. The van der Waals surface area contributed by atoms with Crippen LogP contribution in [-0.4, -0.2) is 30.3 Å². The number of nitrogens with one attached hydrogen (secondary N) is 1. The van der Waals surface area contributed by atoms with Crippen LogP contribution >= 0.6 is 0 Å². The van der Waals surface area contributed by atoms with Crippen LogP contribution in [0, 0.1) is 5.92 Å². The Hall–Kier alpha value is -3.19. The zero-order valence-electron chi connectivity index (χ0n) is 16.9. The summed E-state index contributed by atoms with van der Waals surface area (Å²) in [6.07, 6.45) is 7.70. The van der Waals surface area contributed by atoms with Crippen LogP contribution in [0.2, 0.25) is 0 Å². The Morgan fingerprint density at radius 1 is 1.23 bits per heavy atom. The third-order valence-corrected chi connectivity index (χ3v) is 5.98. The van der Waals surface area contributed by atoms with E-state index in [1.165, 1.54) is 12.8 Å². The Bertz CT molecular complexity index is 1140. The predicted octanol–water partition coefficient (Wildman–Crippen LogP) is 5.07. The van der Waals surface area contributed by atoms with E-state index in [-0.39, 0.29) is 5.75 Å². The minimum atomic E-state index is 0.107. The summed E-state index contributed by atoms with van der Waals surface area (Å²) in [4.78, 5) is 4.21. The van der Waals surface area contributed by atoms with Gasteiger partial charge in [0.1, 0.15) is 17.0 Å². The summed E-state index contributed by atoms with van der Waals surface area (Å²) in [6.45, 7) is 2.16. The number of aryl methyl sites for hydroxylation is 1. The van der Waals surface area contributed by atoms with Gasteiger partial charge in [0.25, 0.3) is 0 Å². The number of fused-ring (bicyclic) bond motifs is 2. The number of nitrogens with zero attached hydrogens (tertiary/aromatic N) is 3. The standard InChI is InChI=1S/C23H24N4O3/c1-29-19-7-6-17-21(28)20(13-18-15-3-2-10-25-23(15)27-26-18)30-22(17)16(19)5-4-14-8-11-24-12-9-14/h2-3,6-7,10,13-14,24,28H,4-5,8-9,11-12H2,1H3. The number of azo groups is 1. The fourth-order valence-corrected chi connectivity index (χ4v) is 4.31. The first-order chi connectivity index (χ1) is 14.7. The van der Waals surface area contributed by atoms with Crippen LogP contribution in [0.15, 0.2) is 45.1 Å². The molecule has 2 aliphatic rings. The molecule has 2 aromatic heterocycles. The number of ether oxygens (including phenoxy) is 1. The highest BCUT2D eigenvalue weighted by atomic mass is 16.5. The minimum Gasteiger partial charge on any atom is -0.504 e. The molecule has 7 nitrogen and oxygen atoms in total. The van der Waals surface area contributed by atoms with Crippen molar-refractivity contribution in [3.63, 3.8) is 0 Å². The third-order valence-electron chi connectivity index (χ3n) is 5.98. The molecule has 1 aromatic carbocycles. The topological polar surface area (TPSA) is 92.2 Å². The maximum atomic E-state index is 10.8. The molecule has 0 radical (unpaired) electrons. The number of aromatic hydroxyl groups is 1. The highest BCUT2D eigenvalue weighted by molar-refractivity contribution is 5.94. The molecule has 0 saturated carbocycles. The van der Waals surface area contributed by atoms with Crippen molar-refractivity contribution in [2.45, 2.75) is 25.7 Å². The fourth-order valence-electron chi connectivity index (χ4n) is 4.31. The molecule has 3 aromatic rings. The van der Waals surface area contributed by atoms with E-state index < -0.39 is 0 Å². The molecule has 0 spiro atoms. The van der Waals surface area contributed by atoms with Gasteiger partial charge in [-0.1, -0.05) is 0 Å². The number of rotatable bonds is 5. The lowest BCUT2D eigenvalue weighted by molar-refractivity contribution is 0.350. The van der Waals surface area contributed by atoms with Gasteiger partial charge in [-0.15, -0.1) is 10.2 Å². The molecule has 0 aliphatic carbocycles. The highest BCUT2D eigenvalue weighted by Crippen LogP contribution is 2.42. The molecule has 154 valence electrons. The van der Waals surface area contributed by atoms with Crippen LogP contribution in [0.25, 0.3) is 22.7 Å². The number of furan rings is 1.